The maximum atomic E-state index is 5.86. The number of hydrogen-bond donors (Lipinski definition) is 1. The number of rotatable bonds is 6. The van der Waals surface area contributed by atoms with Crippen LogP contribution in [0.4, 0.5) is 0 Å². The van der Waals surface area contributed by atoms with E-state index in [1.54, 1.807) is 19.5 Å². The van der Waals surface area contributed by atoms with Crippen molar-refractivity contribution in [1.82, 2.24) is 10.3 Å². The molecule has 0 aliphatic rings. The van der Waals surface area contributed by atoms with Gasteiger partial charge in [0.2, 0.25) is 0 Å². The number of methoxy groups -OCH3 is 1. The molecule has 1 aromatic carbocycles. The van der Waals surface area contributed by atoms with Gasteiger partial charge in [-0.1, -0.05) is 12.1 Å². The van der Waals surface area contributed by atoms with Gasteiger partial charge in [-0.2, -0.15) is 0 Å². The zero-order valence-corrected chi connectivity index (χ0v) is 11.2. The van der Waals surface area contributed by atoms with E-state index in [1.807, 2.05) is 37.4 Å². The first-order valence-electron chi connectivity index (χ1n) is 6.16. The van der Waals surface area contributed by atoms with Crippen molar-refractivity contribution in [3.63, 3.8) is 0 Å². The maximum absolute atomic E-state index is 5.86. The van der Waals surface area contributed by atoms with Crippen LogP contribution in [0.2, 0.25) is 0 Å². The van der Waals surface area contributed by atoms with Gasteiger partial charge < -0.3 is 14.8 Å². The highest BCUT2D eigenvalue weighted by molar-refractivity contribution is 5.40. The van der Waals surface area contributed by atoms with E-state index in [0.717, 1.165) is 29.2 Å². The molecule has 0 amide bonds. The molecule has 0 aliphatic heterocycles. The van der Waals surface area contributed by atoms with Crippen LogP contribution in [0.3, 0.4) is 0 Å². The number of nitrogens with one attached hydrogen (secondary N) is 1. The van der Waals surface area contributed by atoms with Crippen LogP contribution in [0.5, 0.6) is 11.5 Å². The summed E-state index contributed by atoms with van der Waals surface area (Å²) in [6, 6.07) is 9.74. The van der Waals surface area contributed by atoms with E-state index in [9.17, 15) is 0 Å². The molecule has 1 heterocycles. The molecule has 4 heteroatoms. The third-order valence-electron chi connectivity index (χ3n) is 2.76. The van der Waals surface area contributed by atoms with Crippen molar-refractivity contribution in [1.29, 1.82) is 0 Å². The number of aromatic nitrogens is 1. The SMILES string of the molecule is CNCc1ccc(OC)cc1OCc1cccnc1. The van der Waals surface area contributed by atoms with Crippen molar-refractivity contribution >= 4 is 0 Å². The topological polar surface area (TPSA) is 43.4 Å². The van der Waals surface area contributed by atoms with Gasteiger partial charge in [-0.25, -0.2) is 0 Å². The molecule has 100 valence electrons. The van der Waals surface area contributed by atoms with Crippen LogP contribution in [0.25, 0.3) is 0 Å². The lowest BCUT2D eigenvalue weighted by Gasteiger charge is -2.12. The van der Waals surface area contributed by atoms with Crippen LogP contribution >= 0.6 is 0 Å². The van der Waals surface area contributed by atoms with Gasteiger partial charge in [-0.05, 0) is 19.2 Å². The highest BCUT2D eigenvalue weighted by atomic mass is 16.5. The second-order valence-corrected chi connectivity index (χ2v) is 4.15. The maximum Gasteiger partial charge on any atom is 0.127 e. The summed E-state index contributed by atoms with van der Waals surface area (Å²) in [7, 11) is 3.56. The van der Waals surface area contributed by atoms with Gasteiger partial charge in [0.15, 0.2) is 0 Å². The molecule has 0 fully saturated rings. The van der Waals surface area contributed by atoms with Gasteiger partial charge in [0.05, 0.1) is 7.11 Å². The fraction of sp³-hybridized carbons (Fsp3) is 0.267. The minimum Gasteiger partial charge on any atom is -0.497 e. The largest absolute Gasteiger partial charge is 0.497 e. The second-order valence-electron chi connectivity index (χ2n) is 4.15. The third kappa shape index (κ3) is 3.69. The molecule has 2 aromatic rings. The van der Waals surface area contributed by atoms with Gasteiger partial charge in [0.1, 0.15) is 18.1 Å². The predicted molar refractivity (Wildman–Crippen MR) is 74.3 cm³/mol. The lowest BCUT2D eigenvalue weighted by molar-refractivity contribution is 0.299. The molecule has 0 spiro atoms. The minimum atomic E-state index is 0.498. The predicted octanol–water partition coefficient (Wildman–Crippen LogP) is 2.39. The Labute approximate surface area is 113 Å². The molecule has 0 unspecified atom stereocenters. The highest BCUT2D eigenvalue weighted by Gasteiger charge is 2.05. The zero-order valence-electron chi connectivity index (χ0n) is 11.2. The Balaban J connectivity index is 2.12. The molecular weight excluding hydrogens is 240 g/mol. The number of pyridine rings is 1. The quantitative estimate of drug-likeness (QED) is 0.864. The van der Waals surface area contributed by atoms with E-state index >= 15 is 0 Å². The summed E-state index contributed by atoms with van der Waals surface area (Å²) in [6.07, 6.45) is 3.55. The third-order valence-corrected chi connectivity index (χ3v) is 2.76. The summed E-state index contributed by atoms with van der Waals surface area (Å²) in [5.74, 6) is 1.62. The first-order chi connectivity index (χ1) is 9.33. The van der Waals surface area contributed by atoms with Crippen LogP contribution in [-0.4, -0.2) is 19.1 Å². The molecule has 1 aromatic heterocycles. The Morgan fingerprint density at radius 3 is 2.84 bits per heavy atom. The molecule has 4 nitrogen and oxygen atoms in total. The van der Waals surface area contributed by atoms with E-state index in [1.165, 1.54) is 0 Å². The fourth-order valence-electron chi connectivity index (χ4n) is 1.78. The summed E-state index contributed by atoms with van der Waals surface area (Å²) >= 11 is 0. The molecule has 19 heavy (non-hydrogen) atoms. The molecule has 0 aliphatic carbocycles. The van der Waals surface area contributed by atoms with E-state index in [2.05, 4.69) is 10.3 Å². The normalized spacial score (nSPS) is 10.2. The van der Waals surface area contributed by atoms with E-state index in [4.69, 9.17) is 9.47 Å². The lowest BCUT2D eigenvalue weighted by Crippen LogP contribution is -2.07. The van der Waals surface area contributed by atoms with Crippen LogP contribution in [0.15, 0.2) is 42.7 Å². The monoisotopic (exact) mass is 258 g/mol. The van der Waals surface area contributed by atoms with Gasteiger partial charge >= 0.3 is 0 Å². The van der Waals surface area contributed by atoms with Gasteiger partial charge in [0, 0.05) is 36.1 Å². The number of nitrogens with zero attached hydrogens (tertiary/aromatic N) is 1. The van der Waals surface area contributed by atoms with Crippen LogP contribution in [0, 0.1) is 0 Å². The van der Waals surface area contributed by atoms with Crippen molar-refractivity contribution in [2.24, 2.45) is 0 Å². The average Bonchev–Trinajstić information content (AvgIpc) is 2.47. The fourth-order valence-corrected chi connectivity index (χ4v) is 1.78. The van der Waals surface area contributed by atoms with Crippen molar-refractivity contribution in [2.75, 3.05) is 14.2 Å². The summed E-state index contributed by atoms with van der Waals surface area (Å²) in [6.45, 7) is 1.25. The molecule has 1 N–H and O–H groups in total. The minimum absolute atomic E-state index is 0.498. The first-order valence-corrected chi connectivity index (χ1v) is 6.16. The number of benzene rings is 1. The molecule has 0 saturated heterocycles. The summed E-state index contributed by atoms with van der Waals surface area (Å²) in [5.41, 5.74) is 2.15. The standard InChI is InChI=1S/C15H18N2O2/c1-16-10-13-5-6-14(18-2)8-15(13)19-11-12-4-3-7-17-9-12/h3-9,16H,10-11H2,1-2H3. The average molecular weight is 258 g/mol. The van der Waals surface area contributed by atoms with Gasteiger partial charge in [0.25, 0.3) is 0 Å². The Morgan fingerprint density at radius 1 is 1.26 bits per heavy atom. The molecule has 0 radical (unpaired) electrons. The number of hydrogen-bond acceptors (Lipinski definition) is 4. The summed E-state index contributed by atoms with van der Waals surface area (Å²) in [5, 5.41) is 3.13. The Bertz CT molecular complexity index is 515. The smallest absolute Gasteiger partial charge is 0.127 e. The summed E-state index contributed by atoms with van der Waals surface area (Å²) < 4.78 is 11.1. The second kappa shape index (κ2) is 6.75. The van der Waals surface area contributed by atoms with E-state index < -0.39 is 0 Å². The van der Waals surface area contributed by atoms with Gasteiger partial charge in [-0.15, -0.1) is 0 Å². The Kier molecular flexibility index (Phi) is 4.75. The molecule has 0 saturated carbocycles. The molecular formula is C15H18N2O2. The van der Waals surface area contributed by atoms with E-state index in [-0.39, 0.29) is 0 Å². The summed E-state index contributed by atoms with van der Waals surface area (Å²) in [4.78, 5) is 4.07. The van der Waals surface area contributed by atoms with Crippen LogP contribution in [-0.2, 0) is 13.2 Å². The molecule has 0 atom stereocenters. The lowest BCUT2D eigenvalue weighted by atomic mass is 10.2. The van der Waals surface area contributed by atoms with E-state index in [0.29, 0.717) is 6.61 Å². The van der Waals surface area contributed by atoms with Gasteiger partial charge in [-0.3, -0.25) is 4.98 Å². The zero-order chi connectivity index (χ0) is 13.5. The Morgan fingerprint density at radius 2 is 2.16 bits per heavy atom. The van der Waals surface area contributed by atoms with Crippen LogP contribution < -0.4 is 14.8 Å². The van der Waals surface area contributed by atoms with Crippen molar-refractivity contribution in [3.05, 3.63) is 53.9 Å². The first kappa shape index (κ1) is 13.4. The van der Waals surface area contributed by atoms with Crippen molar-refractivity contribution in [2.45, 2.75) is 13.2 Å². The molecule has 2 rings (SSSR count). The van der Waals surface area contributed by atoms with Crippen molar-refractivity contribution in [3.8, 4) is 11.5 Å². The highest BCUT2D eigenvalue weighted by Crippen LogP contribution is 2.25. The number of ether oxygens (including phenoxy) is 2. The molecule has 0 bridgehead atoms. The van der Waals surface area contributed by atoms with Crippen molar-refractivity contribution < 1.29 is 9.47 Å². The van der Waals surface area contributed by atoms with Crippen LogP contribution in [0.1, 0.15) is 11.1 Å². The Hall–Kier alpha value is -2.07.